The Morgan fingerprint density at radius 2 is 1.93 bits per heavy atom. The maximum Gasteiger partial charge on any atom is 0.323 e. The van der Waals surface area contributed by atoms with E-state index in [1.165, 1.54) is 0 Å². The van der Waals surface area contributed by atoms with Crippen molar-refractivity contribution in [2.24, 2.45) is 0 Å². The van der Waals surface area contributed by atoms with Gasteiger partial charge < -0.3 is 10.1 Å². The third-order valence-electron chi connectivity index (χ3n) is 1.51. The summed E-state index contributed by atoms with van der Waals surface area (Å²) in [4.78, 5) is 21.7. The number of ether oxygens (including phenoxy) is 1. The number of alkyl halides is 1. The molecule has 1 heterocycles. The van der Waals surface area contributed by atoms with Crippen molar-refractivity contribution >= 4 is 11.9 Å². The Balaban J connectivity index is 2.67. The lowest BCUT2D eigenvalue weighted by molar-refractivity contribution is -0.144. The first-order chi connectivity index (χ1) is 6.29. The summed E-state index contributed by atoms with van der Waals surface area (Å²) in [5, 5.41) is 3.99. The van der Waals surface area contributed by atoms with Crippen LogP contribution in [0.1, 0.15) is 20.8 Å². The topological polar surface area (TPSA) is 67.4 Å². The fourth-order valence-corrected chi connectivity index (χ4v) is 1.03. The summed E-state index contributed by atoms with van der Waals surface area (Å²) in [6, 6.07) is -0.738. The minimum absolute atomic E-state index is 0.625. The highest BCUT2D eigenvalue weighted by Crippen LogP contribution is 2.15. The first-order valence-electron chi connectivity index (χ1n) is 4.23. The van der Waals surface area contributed by atoms with E-state index in [0.29, 0.717) is 0 Å². The number of imide groups is 1. The molecule has 0 aromatic rings. The van der Waals surface area contributed by atoms with E-state index >= 15 is 0 Å². The second kappa shape index (κ2) is 3.53. The largest absolute Gasteiger partial charge is 0.349 e. The van der Waals surface area contributed by atoms with Crippen molar-refractivity contribution in [1.82, 2.24) is 10.6 Å². The third kappa shape index (κ3) is 2.66. The number of hydrogen-bond acceptors (Lipinski definition) is 3. The van der Waals surface area contributed by atoms with Crippen molar-refractivity contribution in [3.05, 3.63) is 0 Å². The molecule has 2 N–H and O–H groups in total. The normalized spacial score (nSPS) is 28.3. The highest BCUT2D eigenvalue weighted by atomic mass is 19.1. The Morgan fingerprint density at radius 3 is 2.43 bits per heavy atom. The smallest absolute Gasteiger partial charge is 0.323 e. The van der Waals surface area contributed by atoms with Gasteiger partial charge in [-0.1, -0.05) is 0 Å². The van der Waals surface area contributed by atoms with Crippen LogP contribution in [0.3, 0.4) is 0 Å². The SMILES string of the molecule is CC(C)(C)O[C@@H]1NC(=O)NC(=O)[C@H]1F. The summed E-state index contributed by atoms with van der Waals surface area (Å²) in [5.74, 6) is -0.969. The molecule has 0 saturated carbocycles. The zero-order valence-corrected chi connectivity index (χ0v) is 8.26. The highest BCUT2D eigenvalue weighted by Gasteiger charge is 2.38. The van der Waals surface area contributed by atoms with Gasteiger partial charge in [-0.15, -0.1) is 0 Å². The van der Waals surface area contributed by atoms with Crippen LogP contribution < -0.4 is 10.6 Å². The van der Waals surface area contributed by atoms with Crippen molar-refractivity contribution in [3.63, 3.8) is 0 Å². The van der Waals surface area contributed by atoms with Gasteiger partial charge in [-0.05, 0) is 20.8 Å². The second-order valence-corrected chi connectivity index (χ2v) is 4.02. The number of hydrogen-bond donors (Lipinski definition) is 2. The zero-order chi connectivity index (χ0) is 10.9. The lowest BCUT2D eigenvalue weighted by atomic mass is 10.2. The van der Waals surface area contributed by atoms with Crippen LogP contribution in [-0.4, -0.2) is 29.9 Å². The highest BCUT2D eigenvalue weighted by molar-refractivity contribution is 5.99. The van der Waals surface area contributed by atoms with Crippen LogP contribution in [0.15, 0.2) is 0 Å². The van der Waals surface area contributed by atoms with Gasteiger partial charge in [0.2, 0.25) is 6.17 Å². The molecule has 6 heteroatoms. The van der Waals surface area contributed by atoms with Crippen LogP contribution in [-0.2, 0) is 9.53 Å². The van der Waals surface area contributed by atoms with E-state index in [1.807, 2.05) is 0 Å². The van der Waals surface area contributed by atoms with E-state index < -0.39 is 29.9 Å². The van der Waals surface area contributed by atoms with Crippen LogP contribution in [0.5, 0.6) is 0 Å². The molecule has 80 valence electrons. The fraction of sp³-hybridized carbons (Fsp3) is 0.750. The van der Waals surface area contributed by atoms with E-state index in [2.05, 4.69) is 5.32 Å². The second-order valence-electron chi connectivity index (χ2n) is 4.02. The number of amides is 3. The molecular formula is C8H13FN2O3. The van der Waals surface area contributed by atoms with Crippen molar-refractivity contribution in [1.29, 1.82) is 0 Å². The molecule has 0 unspecified atom stereocenters. The molecule has 3 amide bonds. The predicted octanol–water partition coefficient (Wildman–Crippen LogP) is 0.305. The van der Waals surface area contributed by atoms with Gasteiger partial charge in [-0.25, -0.2) is 9.18 Å². The number of halogens is 1. The molecule has 1 saturated heterocycles. The molecule has 1 fully saturated rings. The summed E-state index contributed by atoms with van der Waals surface area (Å²) in [6.07, 6.45) is -3.08. The van der Waals surface area contributed by atoms with E-state index in [4.69, 9.17) is 4.74 Å². The lowest BCUT2D eigenvalue weighted by Crippen LogP contribution is -2.61. The van der Waals surface area contributed by atoms with Gasteiger partial charge in [0.05, 0.1) is 5.60 Å². The molecule has 0 spiro atoms. The van der Waals surface area contributed by atoms with E-state index in [1.54, 1.807) is 26.1 Å². The molecule has 0 aromatic carbocycles. The quantitative estimate of drug-likeness (QED) is 0.645. The van der Waals surface area contributed by atoms with Crippen LogP contribution in [0.2, 0.25) is 0 Å². The Kier molecular flexibility index (Phi) is 2.75. The van der Waals surface area contributed by atoms with Gasteiger partial charge in [0.15, 0.2) is 6.23 Å². The number of rotatable bonds is 1. The number of urea groups is 1. The van der Waals surface area contributed by atoms with E-state index in [-0.39, 0.29) is 0 Å². The Hall–Kier alpha value is -1.17. The van der Waals surface area contributed by atoms with Gasteiger partial charge in [-0.3, -0.25) is 10.1 Å². The van der Waals surface area contributed by atoms with Gasteiger partial charge in [0, 0.05) is 0 Å². The molecular weight excluding hydrogens is 191 g/mol. The van der Waals surface area contributed by atoms with Crippen molar-refractivity contribution in [2.45, 2.75) is 38.8 Å². The third-order valence-corrected chi connectivity index (χ3v) is 1.51. The molecule has 14 heavy (non-hydrogen) atoms. The van der Waals surface area contributed by atoms with E-state index in [9.17, 15) is 14.0 Å². The molecule has 0 aromatic heterocycles. The maximum atomic E-state index is 13.2. The monoisotopic (exact) mass is 204 g/mol. The zero-order valence-electron chi connectivity index (χ0n) is 8.26. The first-order valence-corrected chi connectivity index (χ1v) is 4.23. The molecule has 0 aliphatic carbocycles. The average Bonchev–Trinajstić information content (AvgIpc) is 1.96. The molecule has 1 aliphatic heterocycles. The van der Waals surface area contributed by atoms with Gasteiger partial charge in [0.1, 0.15) is 0 Å². The minimum Gasteiger partial charge on any atom is -0.349 e. The standard InChI is InChI=1S/C8H13FN2O3/c1-8(2,3)14-6-4(9)5(12)10-7(13)11-6/h4,6H,1-3H3,(H2,10,11,12,13)/t4-,6+/m1/s1. The predicted molar refractivity (Wildman–Crippen MR) is 46.2 cm³/mol. The molecule has 0 bridgehead atoms. The van der Waals surface area contributed by atoms with Gasteiger partial charge in [0.25, 0.3) is 5.91 Å². The van der Waals surface area contributed by atoms with Crippen LogP contribution in [0.4, 0.5) is 9.18 Å². The Bertz CT molecular complexity index is 262. The Labute approximate surface area is 81.0 Å². The summed E-state index contributed by atoms with van der Waals surface area (Å²) >= 11 is 0. The van der Waals surface area contributed by atoms with Crippen LogP contribution in [0, 0.1) is 0 Å². The van der Waals surface area contributed by atoms with Crippen LogP contribution >= 0.6 is 0 Å². The van der Waals surface area contributed by atoms with Gasteiger partial charge in [-0.2, -0.15) is 0 Å². The lowest BCUT2D eigenvalue weighted by Gasteiger charge is -2.32. The summed E-state index contributed by atoms with van der Waals surface area (Å²) in [7, 11) is 0. The molecule has 5 nitrogen and oxygen atoms in total. The van der Waals surface area contributed by atoms with E-state index in [0.717, 1.165) is 0 Å². The van der Waals surface area contributed by atoms with Crippen molar-refractivity contribution in [3.8, 4) is 0 Å². The number of nitrogens with one attached hydrogen (secondary N) is 2. The van der Waals surface area contributed by atoms with Crippen molar-refractivity contribution < 1.29 is 18.7 Å². The molecule has 1 rings (SSSR count). The summed E-state index contributed by atoms with van der Waals surface area (Å²) < 4.78 is 18.4. The fourth-order valence-electron chi connectivity index (χ4n) is 1.03. The molecule has 1 aliphatic rings. The van der Waals surface area contributed by atoms with Crippen molar-refractivity contribution in [2.75, 3.05) is 0 Å². The van der Waals surface area contributed by atoms with Gasteiger partial charge >= 0.3 is 6.03 Å². The Morgan fingerprint density at radius 1 is 1.36 bits per heavy atom. The average molecular weight is 204 g/mol. The minimum atomic E-state index is -1.87. The number of carbonyl (C=O) groups is 2. The first kappa shape index (κ1) is 10.9. The summed E-state index contributed by atoms with van der Waals surface area (Å²) in [6.45, 7) is 5.12. The van der Waals surface area contributed by atoms with Crippen LogP contribution in [0.25, 0.3) is 0 Å². The maximum absolute atomic E-state index is 13.2. The molecule has 2 atom stereocenters. The number of carbonyl (C=O) groups excluding carboxylic acids is 2. The molecule has 0 radical (unpaired) electrons. The summed E-state index contributed by atoms with van der Waals surface area (Å²) in [5.41, 5.74) is -0.625.